The zero-order valence-corrected chi connectivity index (χ0v) is 11.9. The number of hydrogen-bond acceptors (Lipinski definition) is 4. The van der Waals surface area contributed by atoms with Crippen LogP contribution in [0.5, 0.6) is 0 Å². The van der Waals surface area contributed by atoms with Crippen molar-refractivity contribution < 1.29 is 9.53 Å². The van der Waals surface area contributed by atoms with Crippen molar-refractivity contribution in [2.75, 3.05) is 12.8 Å². The summed E-state index contributed by atoms with van der Waals surface area (Å²) in [5.74, 6) is -0.469. The smallest absolute Gasteiger partial charge is 0.325 e. The van der Waals surface area contributed by atoms with Crippen molar-refractivity contribution in [3.05, 3.63) is 64.1 Å². The number of aromatic nitrogens is 1. The number of esters is 1. The summed E-state index contributed by atoms with van der Waals surface area (Å²) in [5, 5.41) is 0. The van der Waals surface area contributed by atoms with Crippen molar-refractivity contribution in [2.24, 2.45) is 0 Å². The number of nitrogens with zero attached hydrogens (tertiary/aromatic N) is 1. The highest BCUT2D eigenvalue weighted by atomic mass is 16.5. The minimum absolute atomic E-state index is 0.121. The monoisotopic (exact) mass is 286 g/mol. The highest BCUT2D eigenvalue weighted by Gasteiger charge is 2.11. The molecule has 0 amide bonds. The summed E-state index contributed by atoms with van der Waals surface area (Å²) in [6.45, 7) is -0.121. The Kier molecular flexibility index (Phi) is 4.77. The Hall–Kier alpha value is -2.56. The predicted molar refractivity (Wildman–Crippen MR) is 81.0 cm³/mol. The van der Waals surface area contributed by atoms with Crippen LogP contribution >= 0.6 is 0 Å². The lowest BCUT2D eigenvalue weighted by atomic mass is 10.1. The number of nitrogens with two attached hydrogens (primary N) is 1. The van der Waals surface area contributed by atoms with Crippen LogP contribution in [0.3, 0.4) is 0 Å². The van der Waals surface area contributed by atoms with Crippen molar-refractivity contribution in [1.82, 2.24) is 4.57 Å². The predicted octanol–water partition coefficient (Wildman–Crippen LogP) is 1.39. The molecular formula is C16H18N2O3. The van der Waals surface area contributed by atoms with Crippen LogP contribution in [0.1, 0.15) is 11.3 Å². The van der Waals surface area contributed by atoms with Crippen molar-refractivity contribution in [3.8, 4) is 0 Å². The number of rotatable bonds is 5. The fraction of sp³-hybridized carbons (Fsp3) is 0.250. The van der Waals surface area contributed by atoms with Gasteiger partial charge in [-0.3, -0.25) is 14.2 Å². The molecule has 2 aromatic rings. The van der Waals surface area contributed by atoms with Gasteiger partial charge in [0.15, 0.2) is 0 Å². The van der Waals surface area contributed by atoms with Crippen molar-refractivity contribution in [2.45, 2.75) is 19.4 Å². The molecular weight excluding hydrogens is 268 g/mol. The van der Waals surface area contributed by atoms with E-state index in [1.165, 1.54) is 17.2 Å². The van der Waals surface area contributed by atoms with Crippen LogP contribution in [0.15, 0.2) is 47.3 Å². The molecule has 5 heteroatoms. The van der Waals surface area contributed by atoms with Gasteiger partial charge in [0, 0.05) is 5.69 Å². The maximum Gasteiger partial charge on any atom is 0.325 e. The number of pyridine rings is 1. The average Bonchev–Trinajstić information content (AvgIpc) is 2.52. The number of ether oxygens (including phenoxy) is 1. The van der Waals surface area contributed by atoms with E-state index in [1.54, 1.807) is 12.1 Å². The third-order valence-corrected chi connectivity index (χ3v) is 3.32. The van der Waals surface area contributed by atoms with Gasteiger partial charge in [-0.05, 0) is 30.5 Å². The zero-order valence-electron chi connectivity index (χ0n) is 11.9. The molecule has 0 aliphatic rings. The normalized spacial score (nSPS) is 10.3. The van der Waals surface area contributed by atoms with E-state index in [-0.39, 0.29) is 17.8 Å². The van der Waals surface area contributed by atoms with Crippen LogP contribution in [-0.4, -0.2) is 17.6 Å². The first-order valence-corrected chi connectivity index (χ1v) is 6.70. The Morgan fingerprint density at radius 1 is 1.14 bits per heavy atom. The summed E-state index contributed by atoms with van der Waals surface area (Å²) in [4.78, 5) is 23.5. The van der Waals surface area contributed by atoms with Crippen LogP contribution in [0, 0.1) is 0 Å². The molecule has 0 spiro atoms. The van der Waals surface area contributed by atoms with Crippen LogP contribution in [-0.2, 0) is 28.9 Å². The first-order valence-electron chi connectivity index (χ1n) is 6.70. The van der Waals surface area contributed by atoms with Gasteiger partial charge in [0.2, 0.25) is 0 Å². The van der Waals surface area contributed by atoms with Gasteiger partial charge in [0.25, 0.3) is 5.56 Å². The number of anilines is 1. The molecule has 0 saturated carbocycles. The summed E-state index contributed by atoms with van der Waals surface area (Å²) < 4.78 is 6.01. The van der Waals surface area contributed by atoms with E-state index in [2.05, 4.69) is 4.74 Å². The lowest BCUT2D eigenvalue weighted by molar-refractivity contribution is -0.141. The topological polar surface area (TPSA) is 74.3 Å². The molecule has 21 heavy (non-hydrogen) atoms. The molecule has 5 nitrogen and oxygen atoms in total. The number of carbonyl (C=O) groups is 1. The molecule has 2 N–H and O–H groups in total. The second kappa shape index (κ2) is 6.74. The first kappa shape index (κ1) is 14.8. The number of nitrogen functional groups attached to an aromatic ring is 1. The summed E-state index contributed by atoms with van der Waals surface area (Å²) in [7, 11) is 1.29. The fourth-order valence-electron chi connectivity index (χ4n) is 2.14. The van der Waals surface area contributed by atoms with Gasteiger partial charge in [-0.1, -0.05) is 30.3 Å². The minimum atomic E-state index is -0.469. The van der Waals surface area contributed by atoms with Gasteiger partial charge in [-0.2, -0.15) is 0 Å². The minimum Gasteiger partial charge on any atom is -0.468 e. The SMILES string of the molecule is COC(=O)Cn1c(CCc2ccccc2)ccc(N)c1=O. The lowest BCUT2D eigenvalue weighted by Crippen LogP contribution is -2.29. The third-order valence-electron chi connectivity index (χ3n) is 3.32. The summed E-state index contributed by atoms with van der Waals surface area (Å²) in [6, 6.07) is 13.3. The van der Waals surface area contributed by atoms with E-state index in [0.717, 1.165) is 12.1 Å². The van der Waals surface area contributed by atoms with E-state index < -0.39 is 5.97 Å². The molecule has 0 atom stereocenters. The second-order valence-electron chi connectivity index (χ2n) is 4.73. The molecule has 2 rings (SSSR count). The maximum absolute atomic E-state index is 12.1. The molecule has 110 valence electrons. The van der Waals surface area contributed by atoms with Crippen molar-refractivity contribution >= 4 is 11.7 Å². The highest BCUT2D eigenvalue weighted by Crippen LogP contribution is 2.08. The van der Waals surface area contributed by atoms with Gasteiger partial charge < -0.3 is 10.5 Å². The molecule has 1 heterocycles. The number of hydrogen-bond donors (Lipinski definition) is 1. The largest absolute Gasteiger partial charge is 0.468 e. The first-order chi connectivity index (χ1) is 10.1. The van der Waals surface area contributed by atoms with E-state index in [9.17, 15) is 9.59 Å². The van der Waals surface area contributed by atoms with E-state index in [1.807, 2.05) is 30.3 Å². The molecule has 0 saturated heterocycles. The molecule has 0 aliphatic heterocycles. The molecule has 0 bridgehead atoms. The summed E-state index contributed by atoms with van der Waals surface area (Å²) in [6.07, 6.45) is 1.43. The molecule has 0 radical (unpaired) electrons. The van der Waals surface area contributed by atoms with Crippen LogP contribution in [0.25, 0.3) is 0 Å². The molecule has 0 aliphatic carbocycles. The summed E-state index contributed by atoms with van der Waals surface area (Å²) >= 11 is 0. The van der Waals surface area contributed by atoms with Crippen molar-refractivity contribution in [1.29, 1.82) is 0 Å². The third kappa shape index (κ3) is 3.72. The van der Waals surface area contributed by atoms with Gasteiger partial charge >= 0.3 is 5.97 Å². The second-order valence-corrected chi connectivity index (χ2v) is 4.73. The summed E-state index contributed by atoms with van der Waals surface area (Å²) in [5.41, 5.74) is 7.34. The molecule has 0 fully saturated rings. The average molecular weight is 286 g/mol. The molecule has 1 aromatic heterocycles. The molecule has 0 unspecified atom stereocenters. The Balaban J connectivity index is 2.24. The standard InChI is InChI=1S/C16H18N2O3/c1-21-15(19)11-18-13(9-10-14(17)16(18)20)8-7-12-5-3-2-4-6-12/h2-6,9-10H,7-8,11,17H2,1H3. The number of carbonyl (C=O) groups excluding carboxylic acids is 1. The molecule has 1 aromatic carbocycles. The van der Waals surface area contributed by atoms with Gasteiger partial charge in [0.1, 0.15) is 6.54 Å². The zero-order chi connectivity index (χ0) is 15.2. The maximum atomic E-state index is 12.1. The quantitative estimate of drug-likeness (QED) is 0.843. The van der Waals surface area contributed by atoms with Crippen LogP contribution in [0.2, 0.25) is 0 Å². The van der Waals surface area contributed by atoms with E-state index >= 15 is 0 Å². The highest BCUT2D eigenvalue weighted by molar-refractivity contribution is 5.69. The van der Waals surface area contributed by atoms with Crippen LogP contribution in [0.4, 0.5) is 5.69 Å². The van der Waals surface area contributed by atoms with E-state index in [0.29, 0.717) is 6.42 Å². The van der Waals surface area contributed by atoms with Gasteiger partial charge in [-0.25, -0.2) is 0 Å². The Morgan fingerprint density at radius 2 is 1.86 bits per heavy atom. The Labute approximate surface area is 123 Å². The Morgan fingerprint density at radius 3 is 2.52 bits per heavy atom. The van der Waals surface area contributed by atoms with E-state index in [4.69, 9.17) is 5.73 Å². The van der Waals surface area contributed by atoms with Crippen molar-refractivity contribution in [3.63, 3.8) is 0 Å². The van der Waals surface area contributed by atoms with Gasteiger partial charge in [0.05, 0.1) is 12.8 Å². The number of aryl methyl sites for hydroxylation is 2. The lowest BCUT2D eigenvalue weighted by Gasteiger charge is -2.12. The number of benzene rings is 1. The Bertz CT molecular complexity index is 678. The number of methoxy groups -OCH3 is 1. The van der Waals surface area contributed by atoms with Gasteiger partial charge in [-0.15, -0.1) is 0 Å². The fourth-order valence-corrected chi connectivity index (χ4v) is 2.14. The van der Waals surface area contributed by atoms with Crippen LogP contribution < -0.4 is 11.3 Å².